The molecule has 1 heterocycles. The number of nitrogens with zero attached hydrogens (tertiary/aromatic N) is 2. The van der Waals surface area contributed by atoms with Gasteiger partial charge in [0, 0.05) is 0 Å². The van der Waals surface area contributed by atoms with Crippen molar-refractivity contribution < 1.29 is 14.4 Å². The second-order valence-electron chi connectivity index (χ2n) is 9.47. The molecule has 0 saturated heterocycles. The number of aliphatic hydroxyl groups is 1. The molecule has 0 aliphatic carbocycles. The van der Waals surface area contributed by atoms with Crippen molar-refractivity contribution in [2.75, 3.05) is 6.61 Å². The van der Waals surface area contributed by atoms with Crippen LogP contribution >= 0.6 is 0 Å². The molecule has 0 aliphatic rings. The van der Waals surface area contributed by atoms with Crippen LogP contribution in [-0.2, 0) is 30.5 Å². The number of para-hydroxylation sites is 2. The fourth-order valence-electron chi connectivity index (χ4n) is 4.96. The third-order valence-corrected chi connectivity index (χ3v) is 7.01. The van der Waals surface area contributed by atoms with Gasteiger partial charge in [-0.1, -0.05) is 112 Å². The average Bonchev–Trinajstić information content (AvgIpc) is 3.17. The highest BCUT2D eigenvalue weighted by atomic mass is 16.5. The first-order chi connectivity index (χ1) is 17.1. The summed E-state index contributed by atoms with van der Waals surface area (Å²) in [6.07, 6.45) is 7.93. The summed E-state index contributed by atoms with van der Waals surface area (Å²) in [5.41, 5.74) is 2.86. The van der Waals surface area contributed by atoms with E-state index in [1.54, 1.807) is 0 Å². The topological polar surface area (TPSA) is 38.3 Å². The Labute approximate surface area is 209 Å². The highest BCUT2D eigenvalue weighted by Gasteiger charge is 2.37. The smallest absolute Gasteiger partial charge is 0.262 e. The van der Waals surface area contributed by atoms with Gasteiger partial charge >= 0.3 is 0 Å². The Hall–Kier alpha value is -2.95. The molecule has 3 aromatic carbocycles. The lowest BCUT2D eigenvalue weighted by Crippen LogP contribution is -2.40. The van der Waals surface area contributed by atoms with Gasteiger partial charge in [-0.2, -0.15) is 0 Å². The molecule has 0 unspecified atom stereocenters. The number of aromatic nitrogens is 2. The fraction of sp³-hybridized carbons (Fsp3) is 0.387. The quantitative estimate of drug-likeness (QED) is 0.184. The van der Waals surface area contributed by atoms with Crippen LogP contribution in [0, 0.1) is 0 Å². The van der Waals surface area contributed by atoms with Crippen molar-refractivity contribution in [1.29, 1.82) is 0 Å². The maximum atomic E-state index is 12.2. The van der Waals surface area contributed by atoms with Gasteiger partial charge in [-0.15, -0.1) is 0 Å². The number of rotatable bonds is 13. The van der Waals surface area contributed by atoms with Crippen LogP contribution in [0.1, 0.15) is 62.4 Å². The summed E-state index contributed by atoms with van der Waals surface area (Å²) >= 11 is 0. The number of fused-ring (bicyclic) bond motifs is 1. The molecule has 0 aliphatic heterocycles. The van der Waals surface area contributed by atoms with Crippen LogP contribution in [-0.4, -0.2) is 16.3 Å². The lowest BCUT2D eigenvalue weighted by molar-refractivity contribution is -0.655. The van der Waals surface area contributed by atoms with Crippen LogP contribution < -0.4 is 4.57 Å². The van der Waals surface area contributed by atoms with E-state index < -0.39 is 5.60 Å². The second kappa shape index (κ2) is 12.1. The molecule has 0 amide bonds. The van der Waals surface area contributed by atoms with Crippen LogP contribution in [0.3, 0.4) is 0 Å². The van der Waals surface area contributed by atoms with Crippen LogP contribution in [0.2, 0.25) is 0 Å². The van der Waals surface area contributed by atoms with Gasteiger partial charge in [0.2, 0.25) is 0 Å². The molecule has 4 rings (SSSR count). The molecular formula is C31H39N2O2+. The molecule has 184 valence electrons. The zero-order chi connectivity index (χ0) is 24.5. The number of ether oxygens (including phenoxy) is 1. The van der Waals surface area contributed by atoms with Gasteiger partial charge in [0.05, 0.1) is 20.1 Å². The van der Waals surface area contributed by atoms with Crippen molar-refractivity contribution in [1.82, 2.24) is 4.57 Å². The van der Waals surface area contributed by atoms with Gasteiger partial charge in [0.15, 0.2) is 17.8 Å². The first kappa shape index (κ1) is 25.2. The summed E-state index contributed by atoms with van der Waals surface area (Å²) < 4.78 is 10.6. The van der Waals surface area contributed by atoms with Gasteiger partial charge in [0.1, 0.15) is 5.60 Å². The van der Waals surface area contributed by atoms with E-state index in [1.165, 1.54) is 32.1 Å². The summed E-state index contributed by atoms with van der Waals surface area (Å²) in [5, 5.41) is 12.2. The highest BCUT2D eigenvalue weighted by Crippen LogP contribution is 2.33. The van der Waals surface area contributed by atoms with Crippen molar-refractivity contribution in [2.45, 2.75) is 64.2 Å². The zero-order valence-corrected chi connectivity index (χ0v) is 21.2. The molecule has 0 spiro atoms. The van der Waals surface area contributed by atoms with E-state index in [1.807, 2.05) is 60.7 Å². The summed E-state index contributed by atoms with van der Waals surface area (Å²) in [6, 6.07) is 28.4. The molecule has 4 heteroatoms. The first-order valence-corrected chi connectivity index (χ1v) is 13.0. The monoisotopic (exact) mass is 471 g/mol. The van der Waals surface area contributed by atoms with Crippen LogP contribution in [0.15, 0.2) is 84.9 Å². The van der Waals surface area contributed by atoms with Crippen molar-refractivity contribution in [3.8, 4) is 0 Å². The van der Waals surface area contributed by atoms with E-state index in [9.17, 15) is 5.11 Å². The SMILES string of the molecule is CCCCCCCCOCn1c(CC(O)(c2ccccc2)c2ccccc2)[n+](C)c2ccccc21. The predicted molar refractivity (Wildman–Crippen MR) is 142 cm³/mol. The number of hydrogen-bond donors (Lipinski definition) is 1. The molecule has 0 fully saturated rings. The Bertz CT molecular complexity index is 1150. The van der Waals surface area contributed by atoms with Crippen molar-refractivity contribution in [3.63, 3.8) is 0 Å². The molecule has 0 saturated carbocycles. The Morgan fingerprint density at radius 2 is 1.34 bits per heavy atom. The number of unbranched alkanes of at least 4 members (excludes halogenated alkanes) is 5. The van der Waals surface area contributed by atoms with Crippen molar-refractivity contribution in [2.24, 2.45) is 7.05 Å². The van der Waals surface area contributed by atoms with Gasteiger partial charge < -0.3 is 9.84 Å². The van der Waals surface area contributed by atoms with E-state index in [2.05, 4.69) is 47.4 Å². The summed E-state index contributed by atoms with van der Waals surface area (Å²) in [4.78, 5) is 0. The molecular weight excluding hydrogens is 432 g/mol. The highest BCUT2D eigenvalue weighted by molar-refractivity contribution is 5.72. The van der Waals surface area contributed by atoms with Crippen LogP contribution in [0.25, 0.3) is 11.0 Å². The van der Waals surface area contributed by atoms with E-state index in [4.69, 9.17) is 4.74 Å². The summed E-state index contributed by atoms with van der Waals surface area (Å²) in [6.45, 7) is 3.48. The number of benzene rings is 3. The molecule has 4 aromatic rings. The molecule has 0 atom stereocenters. The first-order valence-electron chi connectivity index (χ1n) is 13.0. The number of aryl methyl sites for hydroxylation is 1. The third kappa shape index (κ3) is 5.83. The average molecular weight is 472 g/mol. The van der Waals surface area contributed by atoms with Crippen molar-refractivity contribution in [3.05, 3.63) is 102 Å². The van der Waals surface area contributed by atoms with E-state index in [0.717, 1.165) is 41.0 Å². The minimum absolute atomic E-state index is 0.437. The number of imidazole rings is 1. The Morgan fingerprint density at radius 3 is 2.00 bits per heavy atom. The molecule has 4 nitrogen and oxygen atoms in total. The molecule has 1 aromatic heterocycles. The van der Waals surface area contributed by atoms with Crippen LogP contribution in [0.5, 0.6) is 0 Å². The minimum atomic E-state index is -1.16. The zero-order valence-electron chi connectivity index (χ0n) is 21.2. The van der Waals surface area contributed by atoms with E-state index >= 15 is 0 Å². The molecule has 0 radical (unpaired) electrons. The number of hydrogen-bond acceptors (Lipinski definition) is 2. The van der Waals surface area contributed by atoms with Gasteiger partial charge in [-0.05, 0) is 29.7 Å². The maximum absolute atomic E-state index is 12.2. The van der Waals surface area contributed by atoms with Gasteiger partial charge in [0.25, 0.3) is 5.82 Å². The maximum Gasteiger partial charge on any atom is 0.262 e. The van der Waals surface area contributed by atoms with E-state index in [-0.39, 0.29) is 0 Å². The van der Waals surface area contributed by atoms with E-state index in [0.29, 0.717) is 13.2 Å². The largest absolute Gasteiger partial charge is 0.380 e. The van der Waals surface area contributed by atoms with Crippen LogP contribution in [0.4, 0.5) is 0 Å². The van der Waals surface area contributed by atoms with Gasteiger partial charge in [-0.3, -0.25) is 0 Å². The Kier molecular flexibility index (Phi) is 8.73. The minimum Gasteiger partial charge on any atom is -0.380 e. The van der Waals surface area contributed by atoms with Gasteiger partial charge in [-0.25, -0.2) is 9.13 Å². The Morgan fingerprint density at radius 1 is 0.771 bits per heavy atom. The molecule has 35 heavy (non-hydrogen) atoms. The fourth-order valence-corrected chi connectivity index (χ4v) is 4.96. The standard InChI is InChI=1S/C31H39N2O2/c1-3-4-5-6-7-16-23-35-25-33-29-22-15-14-21-28(29)32(2)30(33)24-31(34,26-17-10-8-11-18-26)27-19-12-9-13-20-27/h8-15,17-22,34H,3-7,16,23-25H2,1-2H3/q+1. The lowest BCUT2D eigenvalue weighted by atomic mass is 9.83. The summed E-state index contributed by atoms with van der Waals surface area (Å²) in [5.74, 6) is 1.03. The third-order valence-electron chi connectivity index (χ3n) is 7.01. The predicted octanol–water partition coefficient (Wildman–Crippen LogP) is 6.28. The summed E-state index contributed by atoms with van der Waals surface area (Å²) in [7, 11) is 2.08. The molecule has 1 N–H and O–H groups in total. The second-order valence-corrected chi connectivity index (χ2v) is 9.47. The molecule has 0 bridgehead atoms. The normalized spacial score (nSPS) is 11.9. The van der Waals surface area contributed by atoms with Crippen molar-refractivity contribution >= 4 is 11.0 Å². The Balaban J connectivity index is 1.62. The lowest BCUT2D eigenvalue weighted by Gasteiger charge is -2.28.